The lowest BCUT2D eigenvalue weighted by molar-refractivity contribution is 0.662. The second-order valence-electron chi connectivity index (χ2n) is 4.08. The van der Waals surface area contributed by atoms with Gasteiger partial charge < -0.3 is 5.32 Å². The second kappa shape index (κ2) is 6.36. The molecule has 3 nitrogen and oxygen atoms in total. The van der Waals surface area contributed by atoms with Crippen LogP contribution in [0.25, 0.3) is 11.3 Å². The maximum atomic E-state index is 6.20. The zero-order chi connectivity index (χ0) is 13.0. The lowest BCUT2D eigenvalue weighted by Gasteiger charge is -2.00. The number of nitrogens with zero attached hydrogens (tertiary/aromatic N) is 1. The van der Waals surface area contributed by atoms with E-state index in [-0.39, 0.29) is 0 Å². The molecule has 2 rings (SSSR count). The molecule has 5 heteroatoms. The van der Waals surface area contributed by atoms with Crippen LogP contribution in [-0.2, 0) is 6.54 Å². The van der Waals surface area contributed by atoms with Crippen LogP contribution in [0.2, 0.25) is 5.02 Å². The fourth-order valence-corrected chi connectivity index (χ4v) is 2.46. The van der Waals surface area contributed by atoms with Crippen molar-refractivity contribution >= 4 is 27.5 Å². The number of hydrogen-bond acceptors (Lipinski definition) is 2. The molecule has 0 unspecified atom stereocenters. The van der Waals surface area contributed by atoms with E-state index < -0.39 is 0 Å². The summed E-state index contributed by atoms with van der Waals surface area (Å²) in [5, 5.41) is 11.3. The molecule has 2 aromatic rings. The zero-order valence-corrected chi connectivity index (χ0v) is 12.5. The van der Waals surface area contributed by atoms with Crippen LogP contribution in [-0.4, -0.2) is 16.7 Å². The summed E-state index contributed by atoms with van der Waals surface area (Å²) in [7, 11) is 0. The SMILES string of the molecule is CCCNCc1cc(-c2ccc(Br)cc2Cl)n[nH]1. The van der Waals surface area contributed by atoms with Crippen LogP contribution in [0.15, 0.2) is 28.7 Å². The normalized spacial score (nSPS) is 10.8. The fourth-order valence-electron chi connectivity index (χ4n) is 1.69. The van der Waals surface area contributed by atoms with Gasteiger partial charge in [0.05, 0.1) is 10.7 Å². The van der Waals surface area contributed by atoms with Gasteiger partial charge in [-0.15, -0.1) is 0 Å². The van der Waals surface area contributed by atoms with Crippen LogP contribution in [0.3, 0.4) is 0 Å². The molecule has 1 aromatic heterocycles. The molecule has 1 aromatic carbocycles. The number of halogens is 2. The Labute approximate surface area is 120 Å². The van der Waals surface area contributed by atoms with E-state index in [9.17, 15) is 0 Å². The predicted molar refractivity (Wildman–Crippen MR) is 78.7 cm³/mol. The summed E-state index contributed by atoms with van der Waals surface area (Å²) in [5.74, 6) is 0. The molecular formula is C13H15BrClN3. The maximum absolute atomic E-state index is 6.20. The summed E-state index contributed by atoms with van der Waals surface area (Å²) in [6.07, 6.45) is 1.12. The Morgan fingerprint density at radius 1 is 1.39 bits per heavy atom. The summed E-state index contributed by atoms with van der Waals surface area (Å²) in [6, 6.07) is 7.83. The Balaban J connectivity index is 2.13. The van der Waals surface area contributed by atoms with Crippen LogP contribution in [0.1, 0.15) is 19.0 Å². The Morgan fingerprint density at radius 3 is 2.94 bits per heavy atom. The maximum Gasteiger partial charge on any atom is 0.0939 e. The van der Waals surface area contributed by atoms with Crippen LogP contribution in [0.5, 0.6) is 0 Å². The largest absolute Gasteiger partial charge is 0.311 e. The Kier molecular flexibility index (Phi) is 4.80. The number of H-pyrrole nitrogens is 1. The highest BCUT2D eigenvalue weighted by atomic mass is 79.9. The Bertz CT molecular complexity index is 525. The van der Waals surface area contributed by atoms with Crippen molar-refractivity contribution in [1.82, 2.24) is 15.5 Å². The lowest BCUT2D eigenvalue weighted by atomic mass is 10.1. The van der Waals surface area contributed by atoms with Crippen molar-refractivity contribution in [3.8, 4) is 11.3 Å². The first-order valence-corrected chi connectivity index (χ1v) is 7.08. The molecule has 96 valence electrons. The van der Waals surface area contributed by atoms with Crippen molar-refractivity contribution in [1.29, 1.82) is 0 Å². The zero-order valence-electron chi connectivity index (χ0n) is 10.1. The molecule has 0 amide bonds. The highest BCUT2D eigenvalue weighted by Crippen LogP contribution is 2.29. The van der Waals surface area contributed by atoms with Gasteiger partial charge in [-0.05, 0) is 31.2 Å². The van der Waals surface area contributed by atoms with Crippen LogP contribution in [0, 0.1) is 0 Å². The van der Waals surface area contributed by atoms with E-state index >= 15 is 0 Å². The molecule has 0 aliphatic heterocycles. The Morgan fingerprint density at radius 2 is 2.22 bits per heavy atom. The molecule has 0 radical (unpaired) electrons. The summed E-state index contributed by atoms with van der Waals surface area (Å²) in [5.41, 5.74) is 2.89. The van der Waals surface area contributed by atoms with Gasteiger partial charge >= 0.3 is 0 Å². The van der Waals surface area contributed by atoms with Gasteiger partial charge in [-0.2, -0.15) is 5.10 Å². The highest BCUT2D eigenvalue weighted by Gasteiger charge is 2.08. The molecule has 0 spiro atoms. The molecule has 0 bridgehead atoms. The lowest BCUT2D eigenvalue weighted by Crippen LogP contribution is -2.13. The summed E-state index contributed by atoms with van der Waals surface area (Å²) in [6.45, 7) is 3.95. The van der Waals surface area contributed by atoms with E-state index in [1.807, 2.05) is 24.3 Å². The molecule has 0 saturated heterocycles. The van der Waals surface area contributed by atoms with Gasteiger partial charge in [-0.25, -0.2) is 0 Å². The van der Waals surface area contributed by atoms with E-state index in [2.05, 4.69) is 38.4 Å². The van der Waals surface area contributed by atoms with E-state index in [0.29, 0.717) is 5.02 Å². The third-order valence-electron chi connectivity index (χ3n) is 2.58. The average Bonchev–Trinajstić information content (AvgIpc) is 2.78. The number of nitrogens with one attached hydrogen (secondary N) is 2. The van der Waals surface area contributed by atoms with E-state index in [0.717, 1.165) is 40.9 Å². The molecule has 18 heavy (non-hydrogen) atoms. The molecule has 0 fully saturated rings. The predicted octanol–water partition coefficient (Wildman–Crippen LogP) is 3.99. The monoisotopic (exact) mass is 327 g/mol. The number of rotatable bonds is 5. The van der Waals surface area contributed by atoms with E-state index in [1.165, 1.54) is 0 Å². The third kappa shape index (κ3) is 3.34. The minimum absolute atomic E-state index is 0.698. The first-order chi connectivity index (χ1) is 8.70. The van der Waals surface area contributed by atoms with Crippen molar-refractivity contribution in [2.45, 2.75) is 19.9 Å². The van der Waals surface area contributed by atoms with Crippen molar-refractivity contribution in [3.63, 3.8) is 0 Å². The van der Waals surface area contributed by atoms with Gasteiger partial charge in [-0.3, -0.25) is 5.10 Å². The Hall–Kier alpha value is -0.840. The van der Waals surface area contributed by atoms with E-state index in [4.69, 9.17) is 11.6 Å². The van der Waals surface area contributed by atoms with Gasteiger partial charge in [0, 0.05) is 22.3 Å². The first kappa shape index (κ1) is 13.6. The number of benzene rings is 1. The number of aromatic nitrogens is 2. The number of aromatic amines is 1. The molecule has 0 aliphatic carbocycles. The molecule has 2 N–H and O–H groups in total. The van der Waals surface area contributed by atoms with Crippen LogP contribution < -0.4 is 5.32 Å². The average molecular weight is 329 g/mol. The topological polar surface area (TPSA) is 40.7 Å². The second-order valence-corrected chi connectivity index (χ2v) is 5.40. The van der Waals surface area contributed by atoms with Gasteiger partial charge in [0.15, 0.2) is 0 Å². The summed E-state index contributed by atoms with van der Waals surface area (Å²) >= 11 is 9.59. The summed E-state index contributed by atoms with van der Waals surface area (Å²) < 4.78 is 0.969. The quantitative estimate of drug-likeness (QED) is 0.815. The first-order valence-electron chi connectivity index (χ1n) is 5.91. The summed E-state index contributed by atoms with van der Waals surface area (Å²) in [4.78, 5) is 0. The minimum atomic E-state index is 0.698. The fraction of sp³-hybridized carbons (Fsp3) is 0.308. The van der Waals surface area contributed by atoms with Crippen molar-refractivity contribution in [2.24, 2.45) is 0 Å². The standard InChI is InChI=1S/C13H15BrClN3/c1-2-5-16-8-10-7-13(18-17-10)11-4-3-9(14)6-12(11)15/h3-4,6-7,16H,2,5,8H2,1H3,(H,17,18). The van der Waals surface area contributed by atoms with Crippen LogP contribution in [0.4, 0.5) is 0 Å². The molecular weight excluding hydrogens is 314 g/mol. The highest BCUT2D eigenvalue weighted by molar-refractivity contribution is 9.10. The molecule has 0 atom stereocenters. The minimum Gasteiger partial charge on any atom is -0.311 e. The van der Waals surface area contributed by atoms with Crippen molar-refractivity contribution in [2.75, 3.05) is 6.54 Å². The van der Waals surface area contributed by atoms with Crippen molar-refractivity contribution < 1.29 is 0 Å². The molecule has 0 saturated carbocycles. The molecule has 0 aliphatic rings. The van der Waals surface area contributed by atoms with Crippen LogP contribution >= 0.6 is 27.5 Å². The van der Waals surface area contributed by atoms with Gasteiger partial charge in [-0.1, -0.05) is 40.5 Å². The third-order valence-corrected chi connectivity index (χ3v) is 3.39. The smallest absolute Gasteiger partial charge is 0.0939 e. The van der Waals surface area contributed by atoms with Gasteiger partial charge in [0.2, 0.25) is 0 Å². The van der Waals surface area contributed by atoms with Gasteiger partial charge in [0.1, 0.15) is 0 Å². The van der Waals surface area contributed by atoms with Crippen molar-refractivity contribution in [3.05, 3.63) is 39.5 Å². The molecule has 1 heterocycles. The van der Waals surface area contributed by atoms with E-state index in [1.54, 1.807) is 0 Å². The number of hydrogen-bond donors (Lipinski definition) is 2. The van der Waals surface area contributed by atoms with Gasteiger partial charge in [0.25, 0.3) is 0 Å².